The fourth-order valence-corrected chi connectivity index (χ4v) is 1.65. The largest absolute Gasteiger partial charge is 0.465 e. The summed E-state index contributed by atoms with van der Waals surface area (Å²) in [5.74, 6) is -0.120. The number of hydrogen-bond donors (Lipinski definition) is 0. The number of aryl methyl sites for hydroxylation is 1. The van der Waals surface area contributed by atoms with Crippen LogP contribution in [0.3, 0.4) is 0 Å². The van der Waals surface area contributed by atoms with Crippen LogP contribution < -0.4 is 0 Å². The van der Waals surface area contributed by atoms with Gasteiger partial charge in [-0.1, -0.05) is 17.3 Å². The minimum Gasteiger partial charge on any atom is -0.465 e. The molecular weight excluding hydrogens is 232 g/mol. The van der Waals surface area contributed by atoms with Gasteiger partial charge < -0.3 is 9.26 Å². The highest BCUT2D eigenvalue weighted by Crippen LogP contribution is 2.26. The Kier molecular flexibility index (Phi) is 3.11. The third-order valence-electron chi connectivity index (χ3n) is 2.52. The predicted molar refractivity (Wildman–Crippen MR) is 62.7 cm³/mol. The molecule has 0 aliphatic carbocycles. The van der Waals surface area contributed by atoms with Gasteiger partial charge in [0, 0.05) is 5.56 Å². The Balaban J connectivity index is 2.58. The van der Waals surface area contributed by atoms with Gasteiger partial charge in [-0.2, -0.15) is 5.26 Å². The first-order chi connectivity index (χ1) is 8.67. The van der Waals surface area contributed by atoms with Crippen LogP contribution in [0.15, 0.2) is 28.8 Å². The van der Waals surface area contributed by atoms with Crippen LogP contribution in [-0.4, -0.2) is 18.2 Å². The third-order valence-corrected chi connectivity index (χ3v) is 2.52. The summed E-state index contributed by atoms with van der Waals surface area (Å²) in [6, 6.07) is 8.83. The molecule has 0 spiro atoms. The van der Waals surface area contributed by atoms with Crippen LogP contribution in [0.5, 0.6) is 0 Å². The molecular formula is C13H10N2O3. The smallest absolute Gasteiger partial charge is 0.343 e. The molecule has 0 unspecified atom stereocenters. The maximum Gasteiger partial charge on any atom is 0.343 e. The number of methoxy groups -OCH3 is 1. The zero-order valence-electron chi connectivity index (χ0n) is 9.93. The number of hydrogen-bond acceptors (Lipinski definition) is 5. The molecule has 0 aliphatic heterocycles. The van der Waals surface area contributed by atoms with Gasteiger partial charge in [0.2, 0.25) is 0 Å². The van der Waals surface area contributed by atoms with Crippen molar-refractivity contribution < 1.29 is 14.1 Å². The number of carbonyl (C=O) groups is 1. The summed E-state index contributed by atoms with van der Waals surface area (Å²) >= 11 is 0. The molecule has 0 saturated carbocycles. The van der Waals surface area contributed by atoms with E-state index in [0.29, 0.717) is 22.6 Å². The highest BCUT2D eigenvalue weighted by Gasteiger charge is 2.22. The first-order valence-electron chi connectivity index (χ1n) is 5.22. The Labute approximate surface area is 104 Å². The maximum atomic E-state index is 11.7. The van der Waals surface area contributed by atoms with Gasteiger partial charge in [-0.05, 0) is 19.1 Å². The molecule has 0 aliphatic rings. The summed E-state index contributed by atoms with van der Waals surface area (Å²) in [6.07, 6.45) is 0. The van der Waals surface area contributed by atoms with Crippen molar-refractivity contribution in [1.29, 1.82) is 5.26 Å². The van der Waals surface area contributed by atoms with Crippen LogP contribution in [0.4, 0.5) is 0 Å². The SMILES string of the molecule is COC(=O)c1c(-c2cccc(C#N)c2)noc1C. The number of rotatable bonds is 2. The van der Waals surface area contributed by atoms with E-state index in [-0.39, 0.29) is 5.56 Å². The second-order valence-corrected chi connectivity index (χ2v) is 3.65. The highest BCUT2D eigenvalue weighted by atomic mass is 16.5. The predicted octanol–water partition coefficient (Wildman–Crippen LogP) is 2.31. The van der Waals surface area contributed by atoms with Gasteiger partial charge in [0.25, 0.3) is 0 Å². The Bertz CT molecular complexity index is 638. The summed E-state index contributed by atoms with van der Waals surface area (Å²) in [5.41, 5.74) is 1.80. The van der Waals surface area contributed by atoms with E-state index in [1.807, 2.05) is 6.07 Å². The van der Waals surface area contributed by atoms with Crippen LogP contribution >= 0.6 is 0 Å². The lowest BCUT2D eigenvalue weighted by molar-refractivity contribution is 0.0599. The first kappa shape index (κ1) is 11.9. The molecule has 0 N–H and O–H groups in total. The number of ether oxygens (including phenoxy) is 1. The number of nitriles is 1. The zero-order valence-corrected chi connectivity index (χ0v) is 9.93. The lowest BCUT2D eigenvalue weighted by Crippen LogP contribution is -2.03. The molecule has 0 atom stereocenters. The molecule has 0 fully saturated rings. The highest BCUT2D eigenvalue weighted by molar-refractivity contribution is 5.97. The van der Waals surface area contributed by atoms with E-state index in [1.165, 1.54) is 7.11 Å². The van der Waals surface area contributed by atoms with Gasteiger partial charge in [0.15, 0.2) is 0 Å². The molecule has 0 saturated heterocycles. The Morgan fingerprint density at radius 2 is 2.28 bits per heavy atom. The summed E-state index contributed by atoms with van der Waals surface area (Å²) < 4.78 is 9.70. The lowest BCUT2D eigenvalue weighted by atomic mass is 10.0. The fourth-order valence-electron chi connectivity index (χ4n) is 1.65. The lowest BCUT2D eigenvalue weighted by Gasteiger charge is -2.01. The normalized spacial score (nSPS) is 9.83. The van der Waals surface area contributed by atoms with Gasteiger partial charge in [0.05, 0.1) is 18.7 Å². The van der Waals surface area contributed by atoms with E-state index in [4.69, 9.17) is 14.5 Å². The number of nitrogens with zero attached hydrogens (tertiary/aromatic N) is 2. The van der Waals surface area contributed by atoms with Crippen molar-refractivity contribution in [2.24, 2.45) is 0 Å². The molecule has 1 aromatic carbocycles. The molecule has 90 valence electrons. The Morgan fingerprint density at radius 1 is 1.50 bits per heavy atom. The van der Waals surface area contributed by atoms with E-state index in [9.17, 15) is 4.79 Å². The number of esters is 1. The summed E-state index contributed by atoms with van der Waals surface area (Å²) in [6.45, 7) is 1.64. The molecule has 1 heterocycles. The van der Waals surface area contributed by atoms with Crippen molar-refractivity contribution in [3.05, 3.63) is 41.2 Å². The molecule has 0 radical (unpaired) electrons. The Morgan fingerprint density at radius 3 is 2.94 bits per heavy atom. The molecule has 0 amide bonds. The van der Waals surface area contributed by atoms with Crippen molar-refractivity contribution >= 4 is 5.97 Å². The molecule has 5 heteroatoms. The van der Waals surface area contributed by atoms with Crippen molar-refractivity contribution in [3.8, 4) is 17.3 Å². The van der Waals surface area contributed by atoms with Gasteiger partial charge in [-0.25, -0.2) is 4.79 Å². The van der Waals surface area contributed by atoms with Gasteiger partial charge in [-0.15, -0.1) is 0 Å². The van der Waals surface area contributed by atoms with E-state index < -0.39 is 5.97 Å². The van der Waals surface area contributed by atoms with Gasteiger partial charge in [-0.3, -0.25) is 0 Å². The average Bonchev–Trinajstić information content (AvgIpc) is 2.80. The summed E-state index contributed by atoms with van der Waals surface area (Å²) in [5, 5.41) is 12.7. The quantitative estimate of drug-likeness (QED) is 0.755. The van der Waals surface area contributed by atoms with Crippen molar-refractivity contribution in [2.45, 2.75) is 6.92 Å². The van der Waals surface area contributed by atoms with Crippen LogP contribution in [0, 0.1) is 18.3 Å². The molecule has 2 rings (SSSR count). The maximum absolute atomic E-state index is 11.7. The minimum atomic E-state index is -0.508. The molecule has 18 heavy (non-hydrogen) atoms. The first-order valence-corrected chi connectivity index (χ1v) is 5.22. The van der Waals surface area contributed by atoms with Crippen LogP contribution in [0.2, 0.25) is 0 Å². The van der Waals surface area contributed by atoms with E-state index >= 15 is 0 Å². The van der Waals surface area contributed by atoms with Gasteiger partial charge >= 0.3 is 5.97 Å². The van der Waals surface area contributed by atoms with Crippen LogP contribution in [0.1, 0.15) is 21.7 Å². The standard InChI is InChI=1S/C13H10N2O3/c1-8-11(13(16)17-2)12(15-18-8)10-5-3-4-9(6-10)7-14/h3-6H,1-2H3. The van der Waals surface area contributed by atoms with E-state index in [2.05, 4.69) is 5.16 Å². The van der Waals surface area contributed by atoms with Crippen LogP contribution in [0.25, 0.3) is 11.3 Å². The average molecular weight is 242 g/mol. The molecule has 2 aromatic rings. The van der Waals surface area contributed by atoms with Crippen molar-refractivity contribution in [3.63, 3.8) is 0 Å². The molecule has 0 bridgehead atoms. The zero-order chi connectivity index (χ0) is 13.1. The summed E-state index contributed by atoms with van der Waals surface area (Å²) in [7, 11) is 1.30. The number of benzene rings is 1. The van der Waals surface area contributed by atoms with Crippen LogP contribution in [-0.2, 0) is 4.74 Å². The third kappa shape index (κ3) is 1.96. The molecule has 5 nitrogen and oxygen atoms in total. The van der Waals surface area contributed by atoms with E-state index in [1.54, 1.807) is 31.2 Å². The fraction of sp³-hybridized carbons (Fsp3) is 0.154. The van der Waals surface area contributed by atoms with Crippen molar-refractivity contribution in [2.75, 3.05) is 7.11 Å². The second-order valence-electron chi connectivity index (χ2n) is 3.65. The minimum absolute atomic E-state index is 0.285. The number of carbonyl (C=O) groups excluding carboxylic acids is 1. The van der Waals surface area contributed by atoms with E-state index in [0.717, 1.165) is 0 Å². The summed E-state index contributed by atoms with van der Waals surface area (Å²) in [4.78, 5) is 11.7. The van der Waals surface area contributed by atoms with Crippen molar-refractivity contribution in [1.82, 2.24) is 5.16 Å². The number of aromatic nitrogens is 1. The topological polar surface area (TPSA) is 76.1 Å². The molecule has 1 aromatic heterocycles. The Hall–Kier alpha value is -2.61. The second kappa shape index (κ2) is 4.72. The monoisotopic (exact) mass is 242 g/mol. The van der Waals surface area contributed by atoms with Gasteiger partial charge in [0.1, 0.15) is 17.0 Å².